The second-order valence-electron chi connectivity index (χ2n) is 5.69. The van der Waals surface area contributed by atoms with Crippen LogP contribution in [0.5, 0.6) is 5.75 Å². The van der Waals surface area contributed by atoms with Crippen LogP contribution < -0.4 is 9.46 Å². The number of hydrogen-bond donors (Lipinski definition) is 1. The minimum atomic E-state index is -3.85. The molecular weight excluding hydrogens is 304 g/mol. The highest BCUT2D eigenvalue weighted by atomic mass is 32.2. The Balaban J connectivity index is 3.12. The number of para-hydroxylation sites is 1. The van der Waals surface area contributed by atoms with Crippen molar-refractivity contribution in [2.75, 3.05) is 21.2 Å². The van der Waals surface area contributed by atoms with Crippen LogP contribution in [0.4, 0.5) is 0 Å². The summed E-state index contributed by atoms with van der Waals surface area (Å²) in [6.07, 6.45) is 0.422. The summed E-state index contributed by atoms with van der Waals surface area (Å²) in [6.45, 7) is 3.88. The van der Waals surface area contributed by atoms with E-state index >= 15 is 0 Å². The second kappa shape index (κ2) is 7.60. The van der Waals surface area contributed by atoms with Crippen LogP contribution in [-0.4, -0.2) is 46.5 Å². The minimum absolute atomic E-state index is 0.0258. The van der Waals surface area contributed by atoms with Gasteiger partial charge < -0.3 is 9.64 Å². The third-order valence-corrected chi connectivity index (χ3v) is 4.61. The second-order valence-corrected chi connectivity index (χ2v) is 7.37. The van der Waals surface area contributed by atoms with Crippen molar-refractivity contribution in [2.24, 2.45) is 5.92 Å². The SMILES string of the molecule is COc1ccccc1S(=O)(=O)N[C@@H](CC(C)C)C(=O)N(C)C. The first-order valence-electron chi connectivity index (χ1n) is 7.05. The number of methoxy groups -OCH3 is 1. The monoisotopic (exact) mass is 328 g/mol. The van der Waals surface area contributed by atoms with Gasteiger partial charge >= 0.3 is 0 Å². The maximum absolute atomic E-state index is 12.6. The standard InChI is InChI=1S/C15H24N2O4S/c1-11(2)10-12(15(18)17(3)4)16-22(19,20)14-9-7-6-8-13(14)21-5/h6-9,11-12,16H,10H2,1-5H3/t12-/m0/s1. The Morgan fingerprint density at radius 3 is 2.36 bits per heavy atom. The number of carbonyl (C=O) groups is 1. The Morgan fingerprint density at radius 2 is 1.86 bits per heavy atom. The molecule has 0 aliphatic heterocycles. The number of amides is 1. The number of hydrogen-bond acceptors (Lipinski definition) is 4. The molecule has 22 heavy (non-hydrogen) atoms. The lowest BCUT2D eigenvalue weighted by atomic mass is 10.0. The lowest BCUT2D eigenvalue weighted by Crippen LogP contribution is -2.46. The third kappa shape index (κ3) is 4.71. The van der Waals surface area contributed by atoms with Crippen molar-refractivity contribution in [3.63, 3.8) is 0 Å². The summed E-state index contributed by atoms with van der Waals surface area (Å²) in [4.78, 5) is 13.6. The largest absolute Gasteiger partial charge is 0.495 e. The summed E-state index contributed by atoms with van der Waals surface area (Å²) in [7, 11) is 0.767. The molecule has 1 aromatic carbocycles. The van der Waals surface area contributed by atoms with Crippen molar-refractivity contribution in [3.05, 3.63) is 24.3 Å². The van der Waals surface area contributed by atoms with Gasteiger partial charge in [0.15, 0.2) is 0 Å². The van der Waals surface area contributed by atoms with Crippen molar-refractivity contribution in [3.8, 4) is 5.75 Å². The molecule has 0 aliphatic rings. The number of nitrogens with one attached hydrogen (secondary N) is 1. The first kappa shape index (κ1) is 18.4. The number of sulfonamides is 1. The summed E-state index contributed by atoms with van der Waals surface area (Å²) >= 11 is 0. The van der Waals surface area contributed by atoms with E-state index in [9.17, 15) is 13.2 Å². The summed E-state index contributed by atoms with van der Waals surface area (Å²) in [6, 6.07) is 5.52. The van der Waals surface area contributed by atoms with Crippen molar-refractivity contribution < 1.29 is 17.9 Å². The molecule has 6 nitrogen and oxygen atoms in total. The molecule has 1 aromatic rings. The molecule has 0 bridgehead atoms. The topological polar surface area (TPSA) is 75.7 Å². The minimum Gasteiger partial charge on any atom is -0.495 e. The Morgan fingerprint density at radius 1 is 1.27 bits per heavy atom. The van der Waals surface area contributed by atoms with Gasteiger partial charge in [-0.1, -0.05) is 26.0 Å². The molecule has 1 atom stereocenters. The van der Waals surface area contributed by atoms with E-state index in [4.69, 9.17) is 4.74 Å². The average Bonchev–Trinajstić information content (AvgIpc) is 2.44. The van der Waals surface area contributed by atoms with Crippen LogP contribution in [0.25, 0.3) is 0 Å². The van der Waals surface area contributed by atoms with Crippen LogP contribution >= 0.6 is 0 Å². The Hall–Kier alpha value is -1.60. The molecule has 0 unspecified atom stereocenters. The van der Waals surface area contributed by atoms with E-state index in [2.05, 4.69) is 4.72 Å². The van der Waals surface area contributed by atoms with Gasteiger partial charge in [0.25, 0.3) is 0 Å². The Bertz CT molecular complexity index is 612. The van der Waals surface area contributed by atoms with Gasteiger partial charge in [-0.2, -0.15) is 4.72 Å². The fourth-order valence-electron chi connectivity index (χ4n) is 2.07. The number of benzene rings is 1. The summed E-state index contributed by atoms with van der Waals surface area (Å²) < 4.78 is 32.7. The van der Waals surface area contributed by atoms with Gasteiger partial charge in [-0.15, -0.1) is 0 Å². The van der Waals surface area contributed by atoms with Gasteiger partial charge in [0.2, 0.25) is 15.9 Å². The average molecular weight is 328 g/mol. The first-order valence-corrected chi connectivity index (χ1v) is 8.54. The maximum Gasteiger partial charge on any atom is 0.244 e. The van der Waals surface area contributed by atoms with E-state index in [1.807, 2.05) is 13.8 Å². The fraction of sp³-hybridized carbons (Fsp3) is 0.533. The van der Waals surface area contributed by atoms with E-state index in [0.717, 1.165) is 0 Å². The molecule has 0 spiro atoms. The first-order chi connectivity index (χ1) is 10.2. The molecule has 7 heteroatoms. The number of ether oxygens (including phenoxy) is 1. The molecule has 1 rings (SSSR count). The van der Waals surface area contributed by atoms with Crippen LogP contribution in [0.15, 0.2) is 29.2 Å². The molecule has 1 amide bonds. The smallest absolute Gasteiger partial charge is 0.244 e. The van der Waals surface area contributed by atoms with Gasteiger partial charge in [-0.3, -0.25) is 4.79 Å². The lowest BCUT2D eigenvalue weighted by molar-refractivity contribution is -0.130. The van der Waals surface area contributed by atoms with E-state index in [0.29, 0.717) is 6.42 Å². The van der Waals surface area contributed by atoms with E-state index in [1.54, 1.807) is 32.3 Å². The normalized spacial score (nSPS) is 13.0. The van der Waals surface area contributed by atoms with Gasteiger partial charge in [0, 0.05) is 14.1 Å². The van der Waals surface area contributed by atoms with E-state index in [-0.39, 0.29) is 22.5 Å². The Kier molecular flexibility index (Phi) is 6.37. The predicted octanol–water partition coefficient (Wildman–Crippen LogP) is 1.48. The fourth-order valence-corrected chi connectivity index (χ4v) is 3.45. The van der Waals surface area contributed by atoms with Gasteiger partial charge in [0.05, 0.1) is 7.11 Å². The molecular formula is C15H24N2O4S. The van der Waals surface area contributed by atoms with Gasteiger partial charge in [-0.05, 0) is 24.5 Å². The summed E-state index contributed by atoms with van der Waals surface area (Å²) in [5, 5.41) is 0. The highest BCUT2D eigenvalue weighted by Gasteiger charge is 2.29. The quantitative estimate of drug-likeness (QED) is 0.822. The molecule has 0 saturated carbocycles. The van der Waals surface area contributed by atoms with Gasteiger partial charge in [0.1, 0.15) is 16.7 Å². The van der Waals surface area contributed by atoms with Crippen molar-refractivity contribution in [1.29, 1.82) is 0 Å². The number of likely N-dealkylation sites (N-methyl/N-ethyl adjacent to an activating group) is 1. The maximum atomic E-state index is 12.6. The highest BCUT2D eigenvalue weighted by Crippen LogP contribution is 2.23. The zero-order valence-electron chi connectivity index (χ0n) is 13.7. The van der Waals surface area contributed by atoms with Crippen molar-refractivity contribution in [2.45, 2.75) is 31.2 Å². The lowest BCUT2D eigenvalue weighted by Gasteiger charge is -2.23. The van der Waals surface area contributed by atoms with E-state index < -0.39 is 16.1 Å². The van der Waals surface area contributed by atoms with Crippen LogP contribution in [0.3, 0.4) is 0 Å². The van der Waals surface area contributed by atoms with Crippen LogP contribution in [-0.2, 0) is 14.8 Å². The molecule has 0 saturated heterocycles. The molecule has 124 valence electrons. The molecule has 0 heterocycles. The predicted molar refractivity (Wildman–Crippen MR) is 85.3 cm³/mol. The molecule has 0 aromatic heterocycles. The number of carbonyl (C=O) groups excluding carboxylic acids is 1. The van der Waals surface area contributed by atoms with Crippen LogP contribution in [0.1, 0.15) is 20.3 Å². The molecule has 0 radical (unpaired) electrons. The van der Waals surface area contributed by atoms with Gasteiger partial charge in [-0.25, -0.2) is 8.42 Å². The zero-order valence-corrected chi connectivity index (χ0v) is 14.5. The zero-order chi connectivity index (χ0) is 16.9. The van der Waals surface area contributed by atoms with Crippen LogP contribution in [0.2, 0.25) is 0 Å². The Labute approximate surface area is 132 Å². The summed E-state index contributed by atoms with van der Waals surface area (Å²) in [5.74, 6) is 0.150. The summed E-state index contributed by atoms with van der Waals surface area (Å²) in [5.41, 5.74) is 0. The number of rotatable bonds is 7. The number of nitrogens with zero attached hydrogens (tertiary/aromatic N) is 1. The van der Waals surface area contributed by atoms with E-state index in [1.165, 1.54) is 18.1 Å². The molecule has 0 aliphatic carbocycles. The highest BCUT2D eigenvalue weighted by molar-refractivity contribution is 7.89. The molecule has 1 N–H and O–H groups in total. The third-order valence-electron chi connectivity index (χ3n) is 3.10. The van der Waals surface area contributed by atoms with Crippen molar-refractivity contribution >= 4 is 15.9 Å². The van der Waals surface area contributed by atoms with Crippen LogP contribution in [0, 0.1) is 5.92 Å². The van der Waals surface area contributed by atoms with Crippen molar-refractivity contribution in [1.82, 2.24) is 9.62 Å². The molecule has 0 fully saturated rings.